The zero-order chi connectivity index (χ0) is 22.6. The SMILES string of the molecule is CC(C)[C@H](N)C(=O)Oc1cc(F)c(Cl)cc1C(=O)Nc1ccc(OC(F)(F)F)cc1. The van der Waals surface area contributed by atoms with E-state index in [1.165, 1.54) is 0 Å². The summed E-state index contributed by atoms with van der Waals surface area (Å²) in [4.78, 5) is 24.7. The van der Waals surface area contributed by atoms with E-state index in [-0.39, 0.29) is 17.2 Å². The van der Waals surface area contributed by atoms with Gasteiger partial charge in [0, 0.05) is 11.8 Å². The van der Waals surface area contributed by atoms with Crippen LogP contribution in [0.1, 0.15) is 24.2 Å². The normalized spacial score (nSPS) is 12.4. The highest BCUT2D eigenvalue weighted by Gasteiger charge is 2.31. The first kappa shape index (κ1) is 23.4. The molecule has 0 aromatic heterocycles. The molecule has 0 heterocycles. The Balaban J connectivity index is 2.24. The van der Waals surface area contributed by atoms with Crippen molar-refractivity contribution >= 4 is 29.2 Å². The van der Waals surface area contributed by atoms with Gasteiger partial charge in [-0.25, -0.2) is 9.18 Å². The number of halogens is 5. The quantitative estimate of drug-likeness (QED) is 0.385. The van der Waals surface area contributed by atoms with Gasteiger partial charge in [0.2, 0.25) is 0 Å². The van der Waals surface area contributed by atoms with Gasteiger partial charge in [-0.2, -0.15) is 0 Å². The lowest BCUT2D eigenvalue weighted by Gasteiger charge is -2.16. The minimum atomic E-state index is -4.86. The molecule has 0 aliphatic rings. The highest BCUT2D eigenvalue weighted by molar-refractivity contribution is 6.31. The number of ether oxygens (including phenoxy) is 2. The Bertz CT molecular complexity index is 933. The summed E-state index contributed by atoms with van der Waals surface area (Å²) in [7, 11) is 0. The number of rotatable bonds is 6. The molecule has 0 aliphatic carbocycles. The lowest BCUT2D eigenvalue weighted by molar-refractivity contribution is -0.274. The van der Waals surface area contributed by atoms with Crippen LogP contribution in [0.25, 0.3) is 0 Å². The summed E-state index contributed by atoms with van der Waals surface area (Å²) in [6, 6.07) is 5.00. The van der Waals surface area contributed by atoms with Gasteiger partial charge in [-0.05, 0) is 36.2 Å². The Morgan fingerprint density at radius 2 is 1.73 bits per heavy atom. The van der Waals surface area contributed by atoms with Crippen molar-refractivity contribution in [3.05, 3.63) is 52.8 Å². The second kappa shape index (κ2) is 9.31. The molecule has 0 unspecified atom stereocenters. The van der Waals surface area contributed by atoms with E-state index in [1.807, 2.05) is 0 Å². The molecule has 0 spiro atoms. The minimum Gasteiger partial charge on any atom is -0.424 e. The molecule has 0 bridgehead atoms. The molecule has 2 aromatic carbocycles. The van der Waals surface area contributed by atoms with E-state index < -0.39 is 46.6 Å². The lowest BCUT2D eigenvalue weighted by atomic mass is 10.1. The van der Waals surface area contributed by atoms with Gasteiger partial charge in [0.25, 0.3) is 5.91 Å². The summed E-state index contributed by atoms with van der Waals surface area (Å²) in [6.45, 7) is 3.35. The molecule has 11 heteroatoms. The molecule has 0 radical (unpaired) electrons. The van der Waals surface area contributed by atoms with Crippen molar-refractivity contribution in [2.75, 3.05) is 5.32 Å². The third-order valence-corrected chi connectivity index (χ3v) is 4.10. The van der Waals surface area contributed by atoms with Crippen molar-refractivity contribution in [1.29, 1.82) is 0 Å². The van der Waals surface area contributed by atoms with E-state index in [4.69, 9.17) is 22.1 Å². The molecule has 0 aliphatic heterocycles. The minimum absolute atomic E-state index is 0.103. The van der Waals surface area contributed by atoms with Crippen LogP contribution in [0.15, 0.2) is 36.4 Å². The van der Waals surface area contributed by atoms with Crippen LogP contribution in [0.5, 0.6) is 11.5 Å². The molecule has 162 valence electrons. The van der Waals surface area contributed by atoms with Crippen LogP contribution < -0.4 is 20.5 Å². The molecule has 2 rings (SSSR count). The summed E-state index contributed by atoms with van der Waals surface area (Å²) in [6.07, 6.45) is -4.86. The fraction of sp³-hybridized carbons (Fsp3) is 0.263. The van der Waals surface area contributed by atoms with Gasteiger partial charge in [-0.15, -0.1) is 13.2 Å². The number of nitrogens with two attached hydrogens (primary N) is 1. The Morgan fingerprint density at radius 3 is 2.27 bits per heavy atom. The van der Waals surface area contributed by atoms with Gasteiger partial charge in [-0.3, -0.25) is 4.79 Å². The van der Waals surface area contributed by atoms with Crippen LogP contribution in [0, 0.1) is 11.7 Å². The maximum absolute atomic E-state index is 13.8. The van der Waals surface area contributed by atoms with Crippen molar-refractivity contribution < 1.29 is 36.6 Å². The van der Waals surface area contributed by atoms with E-state index in [2.05, 4.69) is 10.1 Å². The van der Waals surface area contributed by atoms with E-state index >= 15 is 0 Å². The standard InChI is InChI=1S/C19H17ClF4N2O4/c1-9(2)16(25)18(28)29-15-8-14(21)13(20)7-12(15)17(27)26-10-3-5-11(6-4-10)30-19(22,23)24/h3-9,16H,25H2,1-2H3,(H,26,27)/t16-/m0/s1. The Morgan fingerprint density at radius 1 is 1.13 bits per heavy atom. The number of benzene rings is 2. The smallest absolute Gasteiger partial charge is 0.424 e. The van der Waals surface area contributed by atoms with Gasteiger partial charge in [0.1, 0.15) is 23.4 Å². The summed E-state index contributed by atoms with van der Waals surface area (Å²) in [5.74, 6) is -3.82. The Labute approximate surface area is 173 Å². The summed E-state index contributed by atoms with van der Waals surface area (Å²) < 4.78 is 59.3. The van der Waals surface area contributed by atoms with Crippen LogP contribution in [0.2, 0.25) is 5.02 Å². The van der Waals surface area contributed by atoms with Gasteiger partial charge >= 0.3 is 12.3 Å². The van der Waals surface area contributed by atoms with Crippen molar-refractivity contribution in [3.8, 4) is 11.5 Å². The van der Waals surface area contributed by atoms with E-state index in [1.54, 1.807) is 13.8 Å². The monoisotopic (exact) mass is 448 g/mol. The zero-order valence-corrected chi connectivity index (χ0v) is 16.5. The lowest BCUT2D eigenvalue weighted by Crippen LogP contribution is -2.39. The maximum Gasteiger partial charge on any atom is 0.573 e. The number of hydrogen-bond donors (Lipinski definition) is 2. The average Bonchev–Trinajstić information content (AvgIpc) is 2.64. The van der Waals surface area contributed by atoms with Crippen molar-refractivity contribution in [2.24, 2.45) is 11.7 Å². The second-order valence-corrected chi connectivity index (χ2v) is 6.89. The predicted octanol–water partition coefficient (Wildman–Crippen LogP) is 4.52. The molecule has 30 heavy (non-hydrogen) atoms. The average molecular weight is 449 g/mol. The van der Waals surface area contributed by atoms with E-state index in [9.17, 15) is 27.2 Å². The molecule has 3 N–H and O–H groups in total. The second-order valence-electron chi connectivity index (χ2n) is 6.48. The van der Waals surface area contributed by atoms with Gasteiger partial charge in [0.15, 0.2) is 0 Å². The molecular weight excluding hydrogens is 432 g/mol. The molecule has 1 amide bonds. The highest BCUT2D eigenvalue weighted by Crippen LogP contribution is 2.29. The van der Waals surface area contributed by atoms with Crippen LogP contribution in [-0.4, -0.2) is 24.3 Å². The predicted molar refractivity (Wildman–Crippen MR) is 101 cm³/mol. The van der Waals surface area contributed by atoms with Crippen molar-refractivity contribution in [2.45, 2.75) is 26.3 Å². The first-order valence-electron chi connectivity index (χ1n) is 8.51. The molecule has 2 aromatic rings. The van der Waals surface area contributed by atoms with Gasteiger partial charge in [0.05, 0.1) is 10.6 Å². The molecule has 0 fully saturated rings. The first-order chi connectivity index (χ1) is 13.9. The van der Waals surface area contributed by atoms with E-state index in [0.717, 1.165) is 36.4 Å². The number of carbonyl (C=O) groups excluding carboxylic acids is 2. The van der Waals surface area contributed by atoms with Crippen molar-refractivity contribution in [3.63, 3.8) is 0 Å². The number of amides is 1. The largest absolute Gasteiger partial charge is 0.573 e. The van der Waals surface area contributed by atoms with Gasteiger partial charge in [-0.1, -0.05) is 25.4 Å². The molecule has 1 atom stereocenters. The highest BCUT2D eigenvalue weighted by atomic mass is 35.5. The Kier molecular flexibility index (Phi) is 7.27. The summed E-state index contributed by atoms with van der Waals surface area (Å²) in [5.41, 5.74) is 5.52. The zero-order valence-electron chi connectivity index (χ0n) is 15.7. The van der Waals surface area contributed by atoms with Crippen LogP contribution >= 0.6 is 11.6 Å². The third kappa shape index (κ3) is 6.33. The summed E-state index contributed by atoms with van der Waals surface area (Å²) in [5, 5.41) is 1.98. The Hall–Kier alpha value is -2.85. The number of anilines is 1. The van der Waals surface area contributed by atoms with Crippen LogP contribution in [0.4, 0.5) is 23.2 Å². The number of alkyl halides is 3. The number of nitrogens with one attached hydrogen (secondary N) is 1. The van der Waals surface area contributed by atoms with Crippen molar-refractivity contribution in [1.82, 2.24) is 0 Å². The molecule has 6 nitrogen and oxygen atoms in total. The van der Waals surface area contributed by atoms with Gasteiger partial charge < -0.3 is 20.5 Å². The van der Waals surface area contributed by atoms with Crippen LogP contribution in [-0.2, 0) is 4.79 Å². The third-order valence-electron chi connectivity index (χ3n) is 3.81. The molecule has 0 saturated heterocycles. The number of hydrogen-bond acceptors (Lipinski definition) is 5. The van der Waals surface area contributed by atoms with Crippen LogP contribution in [0.3, 0.4) is 0 Å². The topological polar surface area (TPSA) is 90.7 Å². The number of carbonyl (C=O) groups is 2. The maximum atomic E-state index is 13.8. The molecule has 0 saturated carbocycles. The fourth-order valence-electron chi connectivity index (χ4n) is 2.18. The fourth-order valence-corrected chi connectivity index (χ4v) is 2.34. The summed E-state index contributed by atoms with van der Waals surface area (Å²) >= 11 is 5.72. The first-order valence-corrected chi connectivity index (χ1v) is 8.88. The number of esters is 1. The molecular formula is C19H17ClF4N2O4. The van der Waals surface area contributed by atoms with E-state index in [0.29, 0.717) is 0 Å².